The van der Waals surface area contributed by atoms with Gasteiger partial charge in [-0.25, -0.2) is 4.79 Å². The number of thioether (sulfide) groups is 1. The predicted octanol–water partition coefficient (Wildman–Crippen LogP) is 3.92. The van der Waals surface area contributed by atoms with Gasteiger partial charge in [-0.2, -0.15) is 0 Å². The predicted molar refractivity (Wildman–Crippen MR) is 108 cm³/mol. The molecule has 10 heteroatoms. The molecule has 1 aromatic heterocycles. The molecule has 0 unspecified atom stereocenters. The van der Waals surface area contributed by atoms with Gasteiger partial charge in [0.05, 0.1) is 9.83 Å². The van der Waals surface area contributed by atoms with E-state index in [1.807, 2.05) is 0 Å². The van der Waals surface area contributed by atoms with Crippen molar-refractivity contribution in [2.45, 2.75) is 19.4 Å². The molecule has 1 atom stereocenters. The highest BCUT2D eigenvalue weighted by Gasteiger charge is 2.39. The fourth-order valence-corrected chi connectivity index (χ4v) is 4.02. The van der Waals surface area contributed by atoms with Crippen molar-refractivity contribution >= 4 is 51.9 Å². The monoisotopic (exact) mass is 418 g/mol. The zero-order valence-electron chi connectivity index (χ0n) is 14.5. The molecule has 0 aliphatic carbocycles. The number of carbonyl (C=O) groups is 2. The first-order chi connectivity index (χ1) is 13.3. The van der Waals surface area contributed by atoms with Crippen molar-refractivity contribution in [3.63, 3.8) is 0 Å². The normalized spacial score (nSPS) is 16.6. The quantitative estimate of drug-likeness (QED) is 0.325. The molecule has 0 radical (unpaired) electrons. The number of nitro groups is 1. The van der Waals surface area contributed by atoms with Crippen LogP contribution in [0.4, 0.5) is 5.69 Å². The third-order valence-corrected chi connectivity index (χ3v) is 5.40. The molecule has 0 saturated carbocycles. The molecule has 0 bridgehead atoms. The highest BCUT2D eigenvalue weighted by atomic mass is 32.2. The highest BCUT2D eigenvalue weighted by molar-refractivity contribution is 8.26. The lowest BCUT2D eigenvalue weighted by Gasteiger charge is -2.21. The Kier molecular flexibility index (Phi) is 5.61. The number of nitrogens with zero attached hydrogens (tertiary/aromatic N) is 2. The molecule has 1 fully saturated rings. The molecule has 1 saturated heterocycles. The summed E-state index contributed by atoms with van der Waals surface area (Å²) in [7, 11) is 0. The van der Waals surface area contributed by atoms with Crippen LogP contribution < -0.4 is 0 Å². The van der Waals surface area contributed by atoms with Crippen LogP contribution in [0.5, 0.6) is 0 Å². The Morgan fingerprint density at radius 1 is 1.36 bits per heavy atom. The summed E-state index contributed by atoms with van der Waals surface area (Å²) in [4.78, 5) is 35.6. The van der Waals surface area contributed by atoms with Gasteiger partial charge in [-0.1, -0.05) is 30.9 Å². The summed E-state index contributed by atoms with van der Waals surface area (Å²) in [6.45, 7) is 1.67. The van der Waals surface area contributed by atoms with E-state index in [1.54, 1.807) is 31.2 Å². The Balaban J connectivity index is 1.83. The average Bonchev–Trinajstić information content (AvgIpc) is 3.22. The number of carbonyl (C=O) groups excluding carboxylic acids is 1. The zero-order chi connectivity index (χ0) is 20.4. The van der Waals surface area contributed by atoms with Crippen molar-refractivity contribution in [2.75, 3.05) is 0 Å². The molecular formula is C18H14N2O6S2. The van der Waals surface area contributed by atoms with Crippen LogP contribution in [0.2, 0.25) is 0 Å². The van der Waals surface area contributed by atoms with Gasteiger partial charge in [0, 0.05) is 23.8 Å². The van der Waals surface area contributed by atoms with E-state index in [0.717, 1.165) is 16.7 Å². The van der Waals surface area contributed by atoms with Crippen molar-refractivity contribution in [2.24, 2.45) is 0 Å². The topological polar surface area (TPSA) is 114 Å². The van der Waals surface area contributed by atoms with Gasteiger partial charge in [-0.15, -0.1) is 0 Å². The molecule has 2 aromatic rings. The summed E-state index contributed by atoms with van der Waals surface area (Å²) in [5, 5.41) is 20.0. The van der Waals surface area contributed by atoms with Gasteiger partial charge in [0.1, 0.15) is 21.9 Å². The Bertz CT molecular complexity index is 996. The van der Waals surface area contributed by atoms with Crippen LogP contribution in [0, 0.1) is 10.1 Å². The van der Waals surface area contributed by atoms with Gasteiger partial charge < -0.3 is 9.52 Å². The van der Waals surface area contributed by atoms with E-state index in [9.17, 15) is 24.8 Å². The van der Waals surface area contributed by atoms with Gasteiger partial charge >= 0.3 is 5.97 Å². The molecule has 1 amide bonds. The number of thiocarbonyl (C=S) groups is 1. The number of furan rings is 1. The van der Waals surface area contributed by atoms with Gasteiger partial charge in [-0.05, 0) is 30.7 Å². The van der Waals surface area contributed by atoms with E-state index in [0.29, 0.717) is 17.1 Å². The minimum absolute atomic E-state index is 0.0249. The number of carboxylic acid groups (broad SMARTS) is 1. The molecule has 0 spiro atoms. The maximum Gasteiger partial charge on any atom is 0.326 e. The van der Waals surface area contributed by atoms with Crippen LogP contribution in [-0.4, -0.2) is 37.2 Å². The molecule has 3 rings (SSSR count). The summed E-state index contributed by atoms with van der Waals surface area (Å²) in [6, 6.07) is 8.21. The summed E-state index contributed by atoms with van der Waals surface area (Å²) < 4.78 is 5.88. The fraction of sp³-hybridized carbons (Fsp3) is 0.167. The summed E-state index contributed by atoms with van der Waals surface area (Å²) >= 11 is 6.18. The number of amides is 1. The molecular weight excluding hydrogens is 404 g/mol. The third kappa shape index (κ3) is 3.82. The van der Waals surface area contributed by atoms with Crippen molar-refractivity contribution < 1.29 is 24.0 Å². The van der Waals surface area contributed by atoms with Gasteiger partial charge in [0.2, 0.25) is 0 Å². The smallest absolute Gasteiger partial charge is 0.326 e. The van der Waals surface area contributed by atoms with Gasteiger partial charge in [0.15, 0.2) is 0 Å². The Morgan fingerprint density at radius 2 is 2.04 bits per heavy atom. The van der Waals surface area contributed by atoms with E-state index in [2.05, 4.69) is 0 Å². The van der Waals surface area contributed by atoms with E-state index < -0.39 is 22.8 Å². The number of hydrogen-bond donors (Lipinski definition) is 1. The van der Waals surface area contributed by atoms with Crippen molar-refractivity contribution in [3.05, 3.63) is 57.2 Å². The maximum absolute atomic E-state index is 12.6. The lowest BCUT2D eigenvalue weighted by Crippen LogP contribution is -2.43. The van der Waals surface area contributed by atoms with Crippen LogP contribution in [0.3, 0.4) is 0 Å². The minimum atomic E-state index is -1.11. The fourth-order valence-electron chi connectivity index (χ4n) is 2.68. The number of rotatable bonds is 6. The molecule has 1 N–H and O–H groups in total. The highest BCUT2D eigenvalue weighted by Crippen LogP contribution is 2.35. The Labute approximate surface area is 169 Å². The second-order valence-corrected chi connectivity index (χ2v) is 7.50. The van der Waals surface area contributed by atoms with Crippen molar-refractivity contribution in [1.82, 2.24) is 4.90 Å². The van der Waals surface area contributed by atoms with Crippen molar-refractivity contribution in [3.8, 4) is 11.3 Å². The largest absolute Gasteiger partial charge is 0.480 e. The second-order valence-electron chi connectivity index (χ2n) is 5.82. The number of nitro benzene ring substituents is 1. The van der Waals surface area contributed by atoms with Gasteiger partial charge in [0.25, 0.3) is 11.6 Å². The molecule has 1 aromatic carbocycles. The standard InChI is InChI=1S/C18H14N2O6S2/c1-2-13(17(22)23)19-16(21)15(28-18(19)27)9-12-7-8-14(26-12)10-3-5-11(6-4-10)20(24)25/h3-9,13H,2H2,1H3,(H,22,23)/b15-9+/t13-/m1/s1. The van der Waals surface area contributed by atoms with E-state index in [4.69, 9.17) is 16.6 Å². The minimum Gasteiger partial charge on any atom is -0.480 e. The van der Waals surface area contributed by atoms with E-state index in [1.165, 1.54) is 18.2 Å². The Hall–Kier alpha value is -2.98. The lowest BCUT2D eigenvalue weighted by atomic mass is 10.1. The number of benzene rings is 1. The molecule has 8 nitrogen and oxygen atoms in total. The molecule has 1 aliphatic heterocycles. The molecule has 2 heterocycles. The first kappa shape index (κ1) is 19.8. The lowest BCUT2D eigenvalue weighted by molar-refractivity contribution is -0.384. The maximum atomic E-state index is 12.6. The first-order valence-electron chi connectivity index (χ1n) is 8.16. The summed E-state index contributed by atoms with van der Waals surface area (Å²) in [5.41, 5.74) is 0.623. The van der Waals surface area contributed by atoms with Crippen LogP contribution in [0.1, 0.15) is 19.1 Å². The first-order valence-corrected chi connectivity index (χ1v) is 9.38. The van der Waals surface area contributed by atoms with Crippen LogP contribution in [-0.2, 0) is 9.59 Å². The number of carboxylic acids is 1. The molecule has 28 heavy (non-hydrogen) atoms. The van der Waals surface area contributed by atoms with Gasteiger partial charge in [-0.3, -0.25) is 19.8 Å². The SMILES string of the molecule is CC[C@H](C(=O)O)N1C(=O)/C(=C\c2ccc(-c3ccc([N+](=O)[O-])cc3)o2)SC1=S. The second kappa shape index (κ2) is 7.95. The van der Waals surface area contributed by atoms with Crippen LogP contribution in [0.15, 0.2) is 45.7 Å². The number of hydrogen-bond acceptors (Lipinski definition) is 7. The summed E-state index contributed by atoms with van der Waals surface area (Å²) in [6.07, 6.45) is 1.74. The number of non-ortho nitro benzene ring substituents is 1. The Morgan fingerprint density at radius 3 is 2.61 bits per heavy atom. The average molecular weight is 418 g/mol. The van der Waals surface area contributed by atoms with Crippen LogP contribution >= 0.6 is 24.0 Å². The van der Waals surface area contributed by atoms with Crippen LogP contribution in [0.25, 0.3) is 17.4 Å². The third-order valence-electron chi connectivity index (χ3n) is 4.07. The van der Waals surface area contributed by atoms with Crippen molar-refractivity contribution in [1.29, 1.82) is 0 Å². The molecule has 1 aliphatic rings. The zero-order valence-corrected chi connectivity index (χ0v) is 16.2. The molecule has 144 valence electrons. The van der Waals surface area contributed by atoms with E-state index in [-0.39, 0.29) is 21.3 Å². The summed E-state index contributed by atoms with van der Waals surface area (Å²) in [5.74, 6) is -0.720. The van der Waals surface area contributed by atoms with E-state index >= 15 is 0 Å². The number of aliphatic carboxylic acids is 1.